The van der Waals surface area contributed by atoms with Gasteiger partial charge >= 0.3 is 0 Å². The highest BCUT2D eigenvalue weighted by atomic mass is 16.7. The number of ether oxygens (including phenoxy) is 3. The van der Waals surface area contributed by atoms with E-state index in [9.17, 15) is 5.11 Å². The molecule has 1 saturated carbocycles. The molecule has 0 aromatic heterocycles. The van der Waals surface area contributed by atoms with E-state index in [0.717, 1.165) is 43.1 Å². The third-order valence-electron chi connectivity index (χ3n) is 10.3. The molecular formula is C35H62O4. The van der Waals surface area contributed by atoms with Gasteiger partial charge in [0.05, 0.1) is 19.3 Å². The highest BCUT2D eigenvalue weighted by Gasteiger charge is 2.38. The molecule has 0 saturated heterocycles. The lowest BCUT2D eigenvalue weighted by Gasteiger charge is -2.44. The summed E-state index contributed by atoms with van der Waals surface area (Å²) in [7, 11) is 0. The van der Waals surface area contributed by atoms with E-state index in [-0.39, 0.29) is 11.5 Å². The first kappa shape index (κ1) is 32.8. The fourth-order valence-electron chi connectivity index (χ4n) is 7.40. The SMILES string of the molecule is CCC(C)(C)CC(C1CCC(C(O)OC(C)OCCOC2C=CC(C3CCCCC3)CC2)=C(C)C1)C(C)(C)C. The van der Waals surface area contributed by atoms with E-state index in [1.165, 1.54) is 56.9 Å². The number of aliphatic hydroxyl groups is 1. The maximum Gasteiger partial charge on any atom is 0.180 e. The van der Waals surface area contributed by atoms with E-state index in [2.05, 4.69) is 60.6 Å². The van der Waals surface area contributed by atoms with Crippen LogP contribution in [0, 0.1) is 34.5 Å². The number of allylic oxidation sites excluding steroid dienone is 2. The lowest BCUT2D eigenvalue weighted by molar-refractivity contribution is -0.212. The number of hydrogen-bond donors (Lipinski definition) is 1. The van der Waals surface area contributed by atoms with Crippen LogP contribution in [-0.2, 0) is 14.2 Å². The molecule has 0 radical (unpaired) electrons. The summed E-state index contributed by atoms with van der Waals surface area (Å²) in [5, 5.41) is 10.9. The van der Waals surface area contributed by atoms with Crippen molar-refractivity contribution in [3.8, 4) is 0 Å². The van der Waals surface area contributed by atoms with Gasteiger partial charge in [-0.3, -0.25) is 0 Å². The third kappa shape index (κ3) is 10.3. The van der Waals surface area contributed by atoms with Gasteiger partial charge in [0, 0.05) is 0 Å². The summed E-state index contributed by atoms with van der Waals surface area (Å²) in [4.78, 5) is 0. The molecule has 3 aliphatic carbocycles. The van der Waals surface area contributed by atoms with Crippen LogP contribution in [0.5, 0.6) is 0 Å². The van der Waals surface area contributed by atoms with Crippen LogP contribution in [0.4, 0.5) is 0 Å². The van der Waals surface area contributed by atoms with Crippen LogP contribution in [0.25, 0.3) is 0 Å². The standard InChI is InChI=1S/C35H62O4/c1-9-35(7,8)24-32(34(4,5)6)29-17-20-31(25(2)23-29)33(36)39-26(3)37-21-22-38-30-18-15-28(16-19-30)27-13-11-10-12-14-27/h15,18,26-30,32-33,36H,9-14,16-17,19-24H2,1-8H3. The van der Waals surface area contributed by atoms with Crippen molar-refractivity contribution >= 4 is 0 Å². The van der Waals surface area contributed by atoms with Gasteiger partial charge in [-0.2, -0.15) is 0 Å². The second kappa shape index (κ2) is 15.0. The second-order valence-corrected chi connectivity index (χ2v) is 14.9. The maximum absolute atomic E-state index is 10.9. The average Bonchev–Trinajstić information content (AvgIpc) is 2.90. The Balaban J connectivity index is 1.40. The van der Waals surface area contributed by atoms with Gasteiger partial charge in [-0.05, 0) is 105 Å². The molecule has 0 amide bonds. The third-order valence-corrected chi connectivity index (χ3v) is 10.3. The molecule has 39 heavy (non-hydrogen) atoms. The molecule has 6 atom stereocenters. The van der Waals surface area contributed by atoms with Crippen LogP contribution >= 0.6 is 0 Å². The van der Waals surface area contributed by atoms with Crippen molar-refractivity contribution < 1.29 is 19.3 Å². The normalized spacial score (nSPS) is 28.0. The van der Waals surface area contributed by atoms with Crippen molar-refractivity contribution in [1.82, 2.24) is 0 Å². The summed E-state index contributed by atoms with van der Waals surface area (Å²) in [6, 6.07) is 0. The number of hydrogen-bond acceptors (Lipinski definition) is 4. The lowest BCUT2D eigenvalue weighted by atomic mass is 9.62. The van der Waals surface area contributed by atoms with Gasteiger partial charge in [0.2, 0.25) is 0 Å². The Kier molecular flexibility index (Phi) is 12.6. The summed E-state index contributed by atoms with van der Waals surface area (Å²) >= 11 is 0. The zero-order valence-corrected chi connectivity index (χ0v) is 26.8. The van der Waals surface area contributed by atoms with Gasteiger partial charge in [0.15, 0.2) is 12.6 Å². The lowest BCUT2D eigenvalue weighted by Crippen LogP contribution is -2.35. The molecule has 0 bridgehead atoms. The second-order valence-electron chi connectivity index (χ2n) is 14.9. The molecule has 1 fully saturated rings. The predicted molar refractivity (Wildman–Crippen MR) is 162 cm³/mol. The summed E-state index contributed by atoms with van der Waals surface area (Å²) in [5.74, 6) is 2.98. The highest BCUT2D eigenvalue weighted by Crippen LogP contribution is 2.48. The van der Waals surface area contributed by atoms with Gasteiger partial charge in [0.25, 0.3) is 0 Å². The van der Waals surface area contributed by atoms with Crippen LogP contribution < -0.4 is 0 Å². The molecule has 0 heterocycles. The van der Waals surface area contributed by atoms with Gasteiger partial charge < -0.3 is 19.3 Å². The first-order chi connectivity index (χ1) is 18.4. The quantitative estimate of drug-likeness (QED) is 0.142. The number of rotatable bonds is 13. The molecule has 3 aliphatic rings. The molecule has 3 rings (SSSR count). The Bertz CT molecular complexity index is 785. The topological polar surface area (TPSA) is 47.9 Å². The van der Waals surface area contributed by atoms with Crippen LogP contribution in [0.2, 0.25) is 0 Å². The fraction of sp³-hybridized carbons (Fsp3) is 0.886. The monoisotopic (exact) mass is 546 g/mol. The maximum atomic E-state index is 10.9. The molecule has 4 nitrogen and oxygen atoms in total. The van der Waals surface area contributed by atoms with E-state index < -0.39 is 12.6 Å². The van der Waals surface area contributed by atoms with Crippen molar-refractivity contribution in [3.63, 3.8) is 0 Å². The van der Waals surface area contributed by atoms with Crippen LogP contribution in [-0.4, -0.2) is 37.0 Å². The molecular weight excluding hydrogens is 484 g/mol. The zero-order chi connectivity index (χ0) is 28.6. The molecule has 0 spiro atoms. The Morgan fingerprint density at radius 3 is 2.26 bits per heavy atom. The van der Waals surface area contributed by atoms with Crippen molar-refractivity contribution in [2.75, 3.05) is 13.2 Å². The van der Waals surface area contributed by atoms with Crippen LogP contribution in [0.1, 0.15) is 132 Å². The Labute approximate surface area is 241 Å². The van der Waals surface area contributed by atoms with E-state index >= 15 is 0 Å². The summed E-state index contributed by atoms with van der Waals surface area (Å²) < 4.78 is 17.8. The van der Waals surface area contributed by atoms with Gasteiger partial charge in [-0.1, -0.05) is 85.0 Å². The van der Waals surface area contributed by atoms with Crippen LogP contribution in [0.15, 0.2) is 23.3 Å². The van der Waals surface area contributed by atoms with Gasteiger partial charge in [0.1, 0.15) is 0 Å². The zero-order valence-electron chi connectivity index (χ0n) is 26.8. The summed E-state index contributed by atoms with van der Waals surface area (Å²) in [6.45, 7) is 19.4. The average molecular weight is 547 g/mol. The van der Waals surface area contributed by atoms with E-state index in [1.54, 1.807) is 0 Å². The van der Waals surface area contributed by atoms with Gasteiger partial charge in [-0.15, -0.1) is 0 Å². The van der Waals surface area contributed by atoms with E-state index in [0.29, 0.717) is 30.5 Å². The smallest absolute Gasteiger partial charge is 0.180 e. The highest BCUT2D eigenvalue weighted by molar-refractivity contribution is 5.19. The fourth-order valence-corrected chi connectivity index (χ4v) is 7.40. The van der Waals surface area contributed by atoms with E-state index in [1.807, 2.05) is 6.92 Å². The minimum absolute atomic E-state index is 0.207. The Morgan fingerprint density at radius 2 is 1.67 bits per heavy atom. The minimum atomic E-state index is -0.889. The Morgan fingerprint density at radius 1 is 0.949 bits per heavy atom. The number of aliphatic hydroxyl groups excluding tert-OH is 1. The molecule has 4 heteroatoms. The molecule has 0 aromatic carbocycles. The first-order valence-electron chi connectivity index (χ1n) is 16.3. The first-order valence-corrected chi connectivity index (χ1v) is 16.3. The van der Waals surface area contributed by atoms with Gasteiger partial charge in [-0.25, -0.2) is 0 Å². The van der Waals surface area contributed by atoms with Crippen LogP contribution in [0.3, 0.4) is 0 Å². The minimum Gasteiger partial charge on any atom is -0.372 e. The molecule has 226 valence electrons. The van der Waals surface area contributed by atoms with Crippen molar-refractivity contribution in [2.24, 2.45) is 34.5 Å². The van der Waals surface area contributed by atoms with Crippen molar-refractivity contribution in [2.45, 2.75) is 151 Å². The Hall–Kier alpha value is -0.680. The summed E-state index contributed by atoms with van der Waals surface area (Å²) in [6.07, 6.45) is 18.5. The predicted octanol–water partition coefficient (Wildman–Crippen LogP) is 9.22. The molecule has 0 aromatic rings. The van der Waals surface area contributed by atoms with Crippen molar-refractivity contribution in [3.05, 3.63) is 23.3 Å². The largest absolute Gasteiger partial charge is 0.372 e. The molecule has 0 aliphatic heterocycles. The molecule has 1 N–H and O–H groups in total. The van der Waals surface area contributed by atoms with Crippen molar-refractivity contribution in [1.29, 1.82) is 0 Å². The molecule has 6 unspecified atom stereocenters. The van der Waals surface area contributed by atoms with E-state index in [4.69, 9.17) is 14.2 Å². The summed E-state index contributed by atoms with van der Waals surface area (Å²) in [5.41, 5.74) is 2.99.